The number of methoxy groups -OCH3 is 1. The zero-order chi connectivity index (χ0) is 11.4. The maximum Gasteiger partial charge on any atom is 0.122 e. The van der Waals surface area contributed by atoms with Crippen LogP contribution in [0.4, 0.5) is 0 Å². The van der Waals surface area contributed by atoms with E-state index in [-0.39, 0.29) is 0 Å². The number of nitrogens with zero attached hydrogens (tertiary/aromatic N) is 1. The highest BCUT2D eigenvalue weighted by Crippen LogP contribution is 2.24. The van der Waals surface area contributed by atoms with E-state index in [1.165, 1.54) is 5.56 Å². The van der Waals surface area contributed by atoms with Crippen LogP contribution in [0.1, 0.15) is 23.6 Å². The van der Waals surface area contributed by atoms with Crippen molar-refractivity contribution in [1.29, 1.82) is 5.26 Å². The molecule has 0 bridgehead atoms. The third kappa shape index (κ3) is 2.60. The molecule has 1 rings (SSSR count). The molecule has 0 atom stereocenters. The van der Waals surface area contributed by atoms with Gasteiger partial charge in [-0.25, -0.2) is 0 Å². The summed E-state index contributed by atoms with van der Waals surface area (Å²) in [7, 11) is 1.66. The molecule has 78 valence electrons. The van der Waals surface area contributed by atoms with Crippen molar-refractivity contribution in [3.05, 3.63) is 34.4 Å². The lowest BCUT2D eigenvalue weighted by Crippen LogP contribution is -1.91. The third-order valence-corrected chi connectivity index (χ3v) is 2.42. The highest BCUT2D eigenvalue weighted by Gasteiger charge is 2.03. The Morgan fingerprint density at radius 3 is 2.60 bits per heavy atom. The fourth-order valence-electron chi connectivity index (χ4n) is 1.43. The minimum absolute atomic E-state index is 0.695. The quantitative estimate of drug-likeness (QED) is 0.688. The van der Waals surface area contributed by atoms with Crippen molar-refractivity contribution in [2.75, 3.05) is 7.11 Å². The minimum Gasteiger partial charge on any atom is -0.496 e. The predicted molar refractivity (Wildman–Crippen MR) is 61.7 cm³/mol. The van der Waals surface area contributed by atoms with Crippen LogP contribution in [0.3, 0.4) is 0 Å². The summed E-state index contributed by atoms with van der Waals surface area (Å²) in [6.45, 7) is 5.86. The summed E-state index contributed by atoms with van der Waals surface area (Å²) in [6.07, 6.45) is 1.86. The molecule has 0 aliphatic heterocycles. The standard InChI is InChI=1S/C13H15NO/c1-9(8-14)5-12-6-10(2)11(3)13(7-12)15-4/h5-7H,1-4H3. The molecule has 1 aromatic rings. The second kappa shape index (κ2) is 4.65. The predicted octanol–water partition coefficient (Wildman–Crippen LogP) is 3.24. The molecule has 0 unspecified atom stereocenters. The van der Waals surface area contributed by atoms with Crippen LogP contribution < -0.4 is 4.74 Å². The van der Waals surface area contributed by atoms with Crippen LogP contribution in [-0.4, -0.2) is 7.11 Å². The molecule has 0 amide bonds. The number of hydrogen-bond donors (Lipinski definition) is 0. The van der Waals surface area contributed by atoms with Crippen LogP contribution in [0.15, 0.2) is 17.7 Å². The largest absolute Gasteiger partial charge is 0.496 e. The number of hydrogen-bond acceptors (Lipinski definition) is 2. The van der Waals surface area contributed by atoms with Crippen LogP contribution in [-0.2, 0) is 0 Å². The first-order chi connectivity index (χ1) is 7.08. The lowest BCUT2D eigenvalue weighted by Gasteiger charge is -2.09. The molecule has 0 saturated heterocycles. The van der Waals surface area contributed by atoms with Gasteiger partial charge in [0.15, 0.2) is 0 Å². The van der Waals surface area contributed by atoms with E-state index in [1.54, 1.807) is 14.0 Å². The monoisotopic (exact) mass is 201 g/mol. The van der Waals surface area contributed by atoms with Gasteiger partial charge in [0.1, 0.15) is 5.75 Å². The fraction of sp³-hybridized carbons (Fsp3) is 0.308. The van der Waals surface area contributed by atoms with Crippen molar-refractivity contribution >= 4 is 6.08 Å². The van der Waals surface area contributed by atoms with Gasteiger partial charge in [-0.15, -0.1) is 0 Å². The number of ether oxygens (including phenoxy) is 1. The summed E-state index contributed by atoms with van der Waals surface area (Å²) in [5, 5.41) is 8.70. The Hall–Kier alpha value is -1.75. The Morgan fingerprint density at radius 1 is 1.40 bits per heavy atom. The number of rotatable bonds is 2. The van der Waals surface area contributed by atoms with Gasteiger partial charge in [-0.05, 0) is 49.6 Å². The number of benzene rings is 1. The average molecular weight is 201 g/mol. The highest BCUT2D eigenvalue weighted by molar-refractivity contribution is 5.60. The summed E-state index contributed by atoms with van der Waals surface area (Å²) in [5.41, 5.74) is 4.02. The van der Waals surface area contributed by atoms with Gasteiger partial charge < -0.3 is 4.74 Å². The zero-order valence-corrected chi connectivity index (χ0v) is 9.59. The van der Waals surface area contributed by atoms with E-state index in [9.17, 15) is 0 Å². The van der Waals surface area contributed by atoms with E-state index >= 15 is 0 Å². The lowest BCUT2D eigenvalue weighted by molar-refractivity contribution is 0.411. The molecule has 0 aliphatic rings. The van der Waals surface area contributed by atoms with E-state index in [0.29, 0.717) is 5.57 Å². The molecule has 2 heteroatoms. The molecule has 1 aromatic carbocycles. The molecule has 0 heterocycles. The molecule has 0 aromatic heterocycles. The van der Waals surface area contributed by atoms with Gasteiger partial charge in [0.25, 0.3) is 0 Å². The third-order valence-electron chi connectivity index (χ3n) is 2.42. The number of aryl methyl sites for hydroxylation is 1. The van der Waals surface area contributed by atoms with Crippen molar-refractivity contribution in [2.45, 2.75) is 20.8 Å². The Labute approximate surface area is 90.8 Å². The molecule has 0 saturated carbocycles. The van der Waals surface area contributed by atoms with Gasteiger partial charge in [-0.2, -0.15) is 5.26 Å². The second-order valence-corrected chi connectivity index (χ2v) is 3.60. The first-order valence-corrected chi connectivity index (χ1v) is 4.82. The first-order valence-electron chi connectivity index (χ1n) is 4.82. The lowest BCUT2D eigenvalue weighted by atomic mass is 10.0. The maximum atomic E-state index is 8.70. The van der Waals surface area contributed by atoms with Gasteiger partial charge in [0.2, 0.25) is 0 Å². The zero-order valence-electron chi connectivity index (χ0n) is 9.59. The van der Waals surface area contributed by atoms with Gasteiger partial charge in [0.05, 0.1) is 13.2 Å². The normalized spacial score (nSPS) is 11.0. The minimum atomic E-state index is 0.695. The molecule has 2 nitrogen and oxygen atoms in total. The summed E-state index contributed by atoms with van der Waals surface area (Å²) in [4.78, 5) is 0. The molecule has 0 radical (unpaired) electrons. The van der Waals surface area contributed by atoms with Crippen LogP contribution in [0.2, 0.25) is 0 Å². The molecular formula is C13H15NO. The Morgan fingerprint density at radius 2 is 2.07 bits per heavy atom. The highest BCUT2D eigenvalue weighted by atomic mass is 16.5. The Kier molecular flexibility index (Phi) is 3.51. The number of allylic oxidation sites excluding steroid dienone is 1. The Bertz CT molecular complexity index is 439. The van der Waals surface area contributed by atoms with Crippen LogP contribution in [0.25, 0.3) is 6.08 Å². The van der Waals surface area contributed by atoms with Crippen molar-refractivity contribution in [3.63, 3.8) is 0 Å². The number of nitriles is 1. The van der Waals surface area contributed by atoms with E-state index in [4.69, 9.17) is 10.00 Å². The van der Waals surface area contributed by atoms with Crippen LogP contribution in [0.5, 0.6) is 5.75 Å². The molecule has 0 fully saturated rings. The average Bonchev–Trinajstić information content (AvgIpc) is 2.22. The van der Waals surface area contributed by atoms with Crippen LogP contribution >= 0.6 is 0 Å². The summed E-state index contributed by atoms with van der Waals surface area (Å²) < 4.78 is 5.27. The molecule has 0 N–H and O–H groups in total. The van der Waals surface area contributed by atoms with E-state index in [0.717, 1.165) is 16.9 Å². The SMILES string of the molecule is COc1cc(C=C(C)C#N)cc(C)c1C. The second-order valence-electron chi connectivity index (χ2n) is 3.60. The van der Waals surface area contributed by atoms with E-state index in [1.807, 2.05) is 26.0 Å². The van der Waals surface area contributed by atoms with Crippen molar-refractivity contribution in [2.24, 2.45) is 0 Å². The van der Waals surface area contributed by atoms with E-state index in [2.05, 4.69) is 12.1 Å². The van der Waals surface area contributed by atoms with E-state index < -0.39 is 0 Å². The topological polar surface area (TPSA) is 33.0 Å². The summed E-state index contributed by atoms with van der Waals surface area (Å²) in [6, 6.07) is 6.11. The molecule has 15 heavy (non-hydrogen) atoms. The van der Waals surface area contributed by atoms with Gasteiger partial charge in [0, 0.05) is 5.57 Å². The van der Waals surface area contributed by atoms with Crippen molar-refractivity contribution in [3.8, 4) is 11.8 Å². The van der Waals surface area contributed by atoms with Gasteiger partial charge in [-0.1, -0.05) is 6.07 Å². The maximum absolute atomic E-state index is 8.70. The molecule has 0 aliphatic carbocycles. The fourth-order valence-corrected chi connectivity index (χ4v) is 1.43. The summed E-state index contributed by atoms with van der Waals surface area (Å²) in [5.74, 6) is 0.868. The smallest absolute Gasteiger partial charge is 0.122 e. The summed E-state index contributed by atoms with van der Waals surface area (Å²) >= 11 is 0. The first kappa shape index (κ1) is 11.3. The van der Waals surface area contributed by atoms with Gasteiger partial charge >= 0.3 is 0 Å². The molecular weight excluding hydrogens is 186 g/mol. The Balaban J connectivity index is 3.24. The molecule has 0 spiro atoms. The van der Waals surface area contributed by atoms with Gasteiger partial charge in [-0.3, -0.25) is 0 Å². The van der Waals surface area contributed by atoms with Crippen molar-refractivity contribution in [1.82, 2.24) is 0 Å². The van der Waals surface area contributed by atoms with Crippen LogP contribution in [0, 0.1) is 25.2 Å². The van der Waals surface area contributed by atoms with Crippen molar-refractivity contribution < 1.29 is 4.74 Å².